The van der Waals surface area contributed by atoms with Crippen LogP contribution in [0.2, 0.25) is 0 Å². The van der Waals surface area contributed by atoms with Crippen molar-refractivity contribution in [2.45, 2.75) is 25.6 Å². The number of anilines is 2. The number of hydrogen-bond donors (Lipinski definition) is 2. The van der Waals surface area contributed by atoms with E-state index in [0.717, 1.165) is 0 Å². The van der Waals surface area contributed by atoms with Gasteiger partial charge in [-0.1, -0.05) is 11.2 Å². The van der Waals surface area contributed by atoms with Crippen molar-refractivity contribution in [2.24, 2.45) is 0 Å². The SMILES string of the molecule is Cc1nnc(N2C[C@@H](F)C[C@H]2CNC(=O)Nc2ccccn2)o1. The smallest absolute Gasteiger partial charge is 0.320 e. The third kappa shape index (κ3) is 3.74. The molecule has 0 aromatic carbocycles. The molecule has 8 nitrogen and oxygen atoms in total. The molecule has 0 radical (unpaired) electrons. The first-order valence-electron chi connectivity index (χ1n) is 7.28. The maximum Gasteiger partial charge on any atom is 0.320 e. The molecule has 1 aliphatic rings. The van der Waals surface area contributed by atoms with E-state index in [9.17, 15) is 9.18 Å². The van der Waals surface area contributed by atoms with Crippen LogP contribution in [0.1, 0.15) is 12.3 Å². The molecule has 0 saturated carbocycles. The van der Waals surface area contributed by atoms with Gasteiger partial charge in [-0.3, -0.25) is 5.32 Å². The van der Waals surface area contributed by atoms with Gasteiger partial charge in [0.2, 0.25) is 5.89 Å². The van der Waals surface area contributed by atoms with Crippen molar-refractivity contribution in [3.63, 3.8) is 0 Å². The summed E-state index contributed by atoms with van der Waals surface area (Å²) in [5.41, 5.74) is 0. The van der Waals surface area contributed by atoms with Gasteiger partial charge in [-0.15, -0.1) is 5.10 Å². The Morgan fingerprint density at radius 3 is 3.04 bits per heavy atom. The summed E-state index contributed by atoms with van der Waals surface area (Å²) in [4.78, 5) is 17.6. The van der Waals surface area contributed by atoms with Crippen LogP contribution < -0.4 is 15.5 Å². The highest BCUT2D eigenvalue weighted by Gasteiger charge is 2.35. The Labute approximate surface area is 132 Å². The molecule has 1 fully saturated rings. The van der Waals surface area contributed by atoms with Gasteiger partial charge >= 0.3 is 12.0 Å². The number of halogens is 1. The van der Waals surface area contributed by atoms with Crippen molar-refractivity contribution in [1.82, 2.24) is 20.5 Å². The molecule has 0 spiro atoms. The highest BCUT2D eigenvalue weighted by Crippen LogP contribution is 2.25. The summed E-state index contributed by atoms with van der Waals surface area (Å²) < 4.78 is 19.1. The number of aromatic nitrogens is 3. The number of amides is 2. The van der Waals surface area contributed by atoms with Crippen LogP contribution in [-0.4, -0.2) is 46.5 Å². The van der Waals surface area contributed by atoms with Crippen LogP contribution in [-0.2, 0) is 0 Å². The average Bonchev–Trinajstić information content (AvgIpc) is 3.12. The first-order valence-corrected chi connectivity index (χ1v) is 7.28. The monoisotopic (exact) mass is 320 g/mol. The zero-order valence-corrected chi connectivity index (χ0v) is 12.6. The van der Waals surface area contributed by atoms with Crippen LogP contribution in [0.15, 0.2) is 28.8 Å². The van der Waals surface area contributed by atoms with E-state index in [1.165, 1.54) is 0 Å². The van der Waals surface area contributed by atoms with Crippen LogP contribution in [0.25, 0.3) is 0 Å². The molecule has 2 N–H and O–H groups in total. The Morgan fingerprint density at radius 1 is 1.48 bits per heavy atom. The summed E-state index contributed by atoms with van der Waals surface area (Å²) in [5, 5.41) is 13.0. The van der Waals surface area contributed by atoms with Gasteiger partial charge in [-0.2, -0.15) is 0 Å². The highest BCUT2D eigenvalue weighted by atomic mass is 19.1. The van der Waals surface area contributed by atoms with Crippen molar-refractivity contribution < 1.29 is 13.6 Å². The van der Waals surface area contributed by atoms with E-state index < -0.39 is 12.2 Å². The van der Waals surface area contributed by atoms with Gasteiger partial charge in [0.25, 0.3) is 0 Å². The summed E-state index contributed by atoms with van der Waals surface area (Å²) in [6, 6.07) is 4.85. The molecule has 3 heterocycles. The van der Waals surface area contributed by atoms with E-state index in [-0.39, 0.29) is 25.1 Å². The van der Waals surface area contributed by atoms with Crippen molar-refractivity contribution in [1.29, 1.82) is 0 Å². The van der Waals surface area contributed by atoms with Crippen molar-refractivity contribution >= 4 is 17.9 Å². The van der Waals surface area contributed by atoms with E-state index in [4.69, 9.17) is 4.42 Å². The van der Waals surface area contributed by atoms with Gasteiger partial charge < -0.3 is 14.6 Å². The Balaban J connectivity index is 1.57. The number of carbonyl (C=O) groups is 1. The van der Waals surface area contributed by atoms with Gasteiger partial charge in [-0.25, -0.2) is 14.2 Å². The summed E-state index contributed by atoms with van der Waals surface area (Å²) in [5.74, 6) is 0.867. The average molecular weight is 320 g/mol. The molecule has 122 valence electrons. The fraction of sp³-hybridized carbons (Fsp3) is 0.429. The molecule has 2 amide bonds. The molecule has 0 aliphatic carbocycles. The molecular formula is C14H17FN6O2. The van der Waals surface area contributed by atoms with Gasteiger partial charge in [0.15, 0.2) is 0 Å². The molecule has 2 atom stereocenters. The van der Waals surface area contributed by atoms with Crippen LogP contribution in [0.4, 0.5) is 21.0 Å². The lowest BCUT2D eigenvalue weighted by Gasteiger charge is -2.22. The molecule has 2 aromatic rings. The number of alkyl halides is 1. The van der Waals surface area contributed by atoms with Gasteiger partial charge in [0.1, 0.15) is 12.0 Å². The Kier molecular flexibility index (Phi) is 4.35. The number of pyridine rings is 1. The van der Waals surface area contributed by atoms with Crippen molar-refractivity contribution in [2.75, 3.05) is 23.3 Å². The van der Waals surface area contributed by atoms with Gasteiger partial charge in [-0.05, 0) is 12.1 Å². The predicted molar refractivity (Wildman–Crippen MR) is 80.9 cm³/mol. The molecule has 3 rings (SSSR count). The molecule has 1 saturated heterocycles. The van der Waals surface area contributed by atoms with Crippen LogP contribution in [0, 0.1) is 6.92 Å². The molecule has 1 aliphatic heterocycles. The number of rotatable bonds is 4. The number of nitrogens with zero attached hydrogens (tertiary/aromatic N) is 4. The van der Waals surface area contributed by atoms with Crippen molar-refractivity contribution in [3.8, 4) is 0 Å². The predicted octanol–water partition coefficient (Wildman–Crippen LogP) is 1.51. The molecule has 23 heavy (non-hydrogen) atoms. The normalized spacial score (nSPS) is 20.5. The van der Waals surface area contributed by atoms with Crippen LogP contribution in [0.5, 0.6) is 0 Å². The minimum absolute atomic E-state index is 0.176. The van der Waals surface area contributed by atoms with Crippen molar-refractivity contribution in [3.05, 3.63) is 30.3 Å². The van der Waals surface area contributed by atoms with E-state index in [1.807, 2.05) is 0 Å². The van der Waals surface area contributed by atoms with E-state index in [0.29, 0.717) is 18.1 Å². The maximum absolute atomic E-state index is 13.7. The fourth-order valence-corrected chi connectivity index (χ4v) is 2.50. The maximum atomic E-state index is 13.7. The van der Waals surface area contributed by atoms with Gasteiger partial charge in [0, 0.05) is 26.1 Å². The standard InChI is InChI=1S/C14H17FN6O2/c1-9-19-20-14(23-9)21-8-10(15)6-11(21)7-17-13(22)18-12-4-2-3-5-16-12/h2-5,10-11H,6-8H2,1H3,(H2,16,17,18,22)/t10-,11-/m0/s1. The largest absolute Gasteiger partial charge is 0.408 e. The lowest BCUT2D eigenvalue weighted by atomic mass is 10.2. The second-order valence-electron chi connectivity index (χ2n) is 5.29. The van der Waals surface area contributed by atoms with Crippen LogP contribution in [0.3, 0.4) is 0 Å². The van der Waals surface area contributed by atoms with E-state index in [2.05, 4.69) is 25.8 Å². The Bertz CT molecular complexity index is 664. The fourth-order valence-electron chi connectivity index (χ4n) is 2.50. The highest BCUT2D eigenvalue weighted by molar-refractivity contribution is 5.88. The Morgan fingerprint density at radius 2 is 2.35 bits per heavy atom. The van der Waals surface area contributed by atoms with Crippen LogP contribution >= 0.6 is 0 Å². The lowest BCUT2D eigenvalue weighted by molar-refractivity contribution is 0.251. The number of urea groups is 1. The molecule has 0 unspecified atom stereocenters. The first kappa shape index (κ1) is 15.2. The number of nitrogens with one attached hydrogen (secondary N) is 2. The Hall–Kier alpha value is -2.71. The molecule has 2 aromatic heterocycles. The van der Waals surface area contributed by atoms with Gasteiger partial charge in [0.05, 0.1) is 12.6 Å². The molecular weight excluding hydrogens is 303 g/mol. The third-order valence-electron chi connectivity index (χ3n) is 3.53. The second kappa shape index (κ2) is 6.59. The van der Waals surface area contributed by atoms with E-state index >= 15 is 0 Å². The molecule has 9 heteroatoms. The topological polar surface area (TPSA) is 96.2 Å². The number of aryl methyl sites for hydroxylation is 1. The minimum atomic E-state index is -0.993. The third-order valence-corrected chi connectivity index (χ3v) is 3.53. The number of carbonyl (C=O) groups excluding carboxylic acids is 1. The zero-order valence-electron chi connectivity index (χ0n) is 12.6. The summed E-state index contributed by atoms with van der Waals surface area (Å²) >= 11 is 0. The van der Waals surface area contributed by atoms with E-state index in [1.54, 1.807) is 36.2 Å². The summed E-state index contributed by atoms with van der Waals surface area (Å²) in [6.07, 6.45) is 0.887. The number of hydrogen-bond acceptors (Lipinski definition) is 6. The summed E-state index contributed by atoms with van der Waals surface area (Å²) in [7, 11) is 0. The minimum Gasteiger partial charge on any atom is -0.408 e. The quantitative estimate of drug-likeness (QED) is 0.886. The second-order valence-corrected chi connectivity index (χ2v) is 5.29. The zero-order chi connectivity index (χ0) is 16.2. The first-order chi connectivity index (χ1) is 11.1. The lowest BCUT2D eigenvalue weighted by Crippen LogP contribution is -2.42. The summed E-state index contributed by atoms with van der Waals surface area (Å²) in [6.45, 7) is 2.11. The molecule has 0 bridgehead atoms.